The van der Waals surface area contributed by atoms with E-state index in [4.69, 9.17) is 4.74 Å². The van der Waals surface area contributed by atoms with Crippen molar-refractivity contribution in [2.45, 2.75) is 20.4 Å². The van der Waals surface area contributed by atoms with E-state index in [1.165, 1.54) is 5.69 Å². The summed E-state index contributed by atoms with van der Waals surface area (Å²) in [4.78, 5) is 19.5. The van der Waals surface area contributed by atoms with Gasteiger partial charge >= 0.3 is 0 Å². The molecule has 0 bridgehead atoms. The number of aryl methyl sites for hydroxylation is 2. The molecular formula is C21H24N4O2. The lowest BCUT2D eigenvalue weighted by Crippen LogP contribution is -2.36. The fourth-order valence-corrected chi connectivity index (χ4v) is 3.45. The van der Waals surface area contributed by atoms with Crippen LogP contribution >= 0.6 is 0 Å². The molecule has 0 radical (unpaired) electrons. The van der Waals surface area contributed by atoms with Crippen molar-refractivity contribution in [3.63, 3.8) is 0 Å². The molecule has 1 aromatic carbocycles. The lowest BCUT2D eigenvalue weighted by atomic mass is 10.2. The van der Waals surface area contributed by atoms with Gasteiger partial charge in [-0.25, -0.2) is 4.98 Å². The number of anilines is 1. The van der Waals surface area contributed by atoms with Crippen molar-refractivity contribution in [3.8, 4) is 0 Å². The highest BCUT2D eigenvalue weighted by Gasteiger charge is 2.16. The van der Waals surface area contributed by atoms with E-state index in [0.717, 1.165) is 48.8 Å². The normalized spacial score (nSPS) is 14.5. The third kappa shape index (κ3) is 3.66. The molecule has 3 heterocycles. The van der Waals surface area contributed by atoms with E-state index in [1.54, 1.807) is 0 Å². The largest absolute Gasteiger partial charge is 0.378 e. The zero-order valence-corrected chi connectivity index (χ0v) is 15.7. The number of imidazole rings is 1. The van der Waals surface area contributed by atoms with Crippen LogP contribution in [0.15, 0.2) is 42.6 Å². The van der Waals surface area contributed by atoms with E-state index in [0.29, 0.717) is 12.2 Å². The summed E-state index contributed by atoms with van der Waals surface area (Å²) in [6, 6.07) is 12.3. The number of nitrogens with one attached hydrogen (secondary N) is 1. The molecule has 0 spiro atoms. The molecule has 2 aromatic heterocycles. The number of nitrogens with zero attached hydrogens (tertiary/aromatic N) is 3. The minimum absolute atomic E-state index is 0.108. The van der Waals surface area contributed by atoms with Gasteiger partial charge in [0.05, 0.1) is 18.9 Å². The van der Waals surface area contributed by atoms with Crippen LogP contribution in [0.4, 0.5) is 5.69 Å². The van der Waals surface area contributed by atoms with E-state index in [-0.39, 0.29) is 5.91 Å². The van der Waals surface area contributed by atoms with Crippen molar-refractivity contribution in [2.24, 2.45) is 0 Å². The van der Waals surface area contributed by atoms with Crippen LogP contribution in [0.2, 0.25) is 0 Å². The van der Waals surface area contributed by atoms with Crippen molar-refractivity contribution >= 4 is 17.2 Å². The van der Waals surface area contributed by atoms with Crippen molar-refractivity contribution in [2.75, 3.05) is 31.2 Å². The molecule has 27 heavy (non-hydrogen) atoms. The zero-order chi connectivity index (χ0) is 18.8. The predicted octanol–water partition coefficient (Wildman–Crippen LogP) is 2.72. The smallest absolute Gasteiger partial charge is 0.270 e. The second-order valence-electron chi connectivity index (χ2n) is 6.93. The van der Waals surface area contributed by atoms with Gasteiger partial charge in [-0.05, 0) is 43.2 Å². The number of carbonyl (C=O) groups excluding carboxylic acids is 1. The fraction of sp³-hybridized carbons (Fsp3) is 0.333. The van der Waals surface area contributed by atoms with E-state index in [1.807, 2.05) is 36.6 Å². The van der Waals surface area contributed by atoms with Gasteiger partial charge in [0.2, 0.25) is 0 Å². The van der Waals surface area contributed by atoms with Gasteiger partial charge in [0.1, 0.15) is 11.3 Å². The summed E-state index contributed by atoms with van der Waals surface area (Å²) >= 11 is 0. The Bertz CT molecular complexity index is 956. The third-order valence-corrected chi connectivity index (χ3v) is 4.92. The van der Waals surface area contributed by atoms with Gasteiger partial charge in [-0.2, -0.15) is 0 Å². The van der Waals surface area contributed by atoms with Crippen molar-refractivity contribution in [1.29, 1.82) is 0 Å². The molecule has 0 saturated carbocycles. The van der Waals surface area contributed by atoms with Gasteiger partial charge in [-0.3, -0.25) is 9.20 Å². The van der Waals surface area contributed by atoms with Crippen LogP contribution in [0.5, 0.6) is 0 Å². The van der Waals surface area contributed by atoms with E-state index in [2.05, 4.69) is 39.5 Å². The summed E-state index contributed by atoms with van der Waals surface area (Å²) < 4.78 is 7.26. The van der Waals surface area contributed by atoms with Gasteiger partial charge in [0, 0.05) is 31.5 Å². The van der Waals surface area contributed by atoms with Gasteiger partial charge in [0.15, 0.2) is 0 Å². The Kier molecular flexibility index (Phi) is 4.81. The molecular weight excluding hydrogens is 340 g/mol. The predicted molar refractivity (Wildman–Crippen MR) is 105 cm³/mol. The second kappa shape index (κ2) is 7.40. The summed E-state index contributed by atoms with van der Waals surface area (Å²) in [5.74, 6) is -0.108. The standard InChI is InChI=1S/C21H24N4O2/c1-15-3-8-19-23-16(2)20(25(19)14-15)21(26)22-13-17-4-6-18(7-5-17)24-9-11-27-12-10-24/h3-8,14H,9-13H2,1-2H3,(H,22,26). The summed E-state index contributed by atoms with van der Waals surface area (Å²) in [5, 5.41) is 3.02. The molecule has 4 rings (SSSR count). The van der Waals surface area contributed by atoms with Gasteiger partial charge in [-0.1, -0.05) is 18.2 Å². The number of rotatable bonds is 4. The molecule has 6 heteroatoms. The van der Waals surface area contributed by atoms with Crippen LogP contribution in [0, 0.1) is 13.8 Å². The topological polar surface area (TPSA) is 58.9 Å². The third-order valence-electron chi connectivity index (χ3n) is 4.92. The lowest BCUT2D eigenvalue weighted by Gasteiger charge is -2.28. The first-order chi connectivity index (χ1) is 13.1. The first kappa shape index (κ1) is 17.5. The van der Waals surface area contributed by atoms with Crippen LogP contribution in [0.25, 0.3) is 5.65 Å². The molecule has 1 amide bonds. The number of ether oxygens (including phenoxy) is 1. The molecule has 0 aliphatic carbocycles. The second-order valence-corrected chi connectivity index (χ2v) is 6.93. The van der Waals surface area contributed by atoms with Crippen LogP contribution in [-0.4, -0.2) is 41.6 Å². The van der Waals surface area contributed by atoms with E-state index >= 15 is 0 Å². The zero-order valence-electron chi connectivity index (χ0n) is 15.7. The molecule has 140 valence electrons. The Hall–Kier alpha value is -2.86. The molecule has 1 saturated heterocycles. The molecule has 3 aromatic rings. The van der Waals surface area contributed by atoms with Gasteiger partial charge in [0.25, 0.3) is 5.91 Å². The molecule has 1 aliphatic rings. The molecule has 1 fully saturated rings. The number of benzene rings is 1. The summed E-state index contributed by atoms with van der Waals surface area (Å²) in [7, 11) is 0. The monoisotopic (exact) mass is 364 g/mol. The number of morpholine rings is 1. The van der Waals surface area contributed by atoms with Crippen molar-refractivity contribution < 1.29 is 9.53 Å². The minimum atomic E-state index is -0.108. The summed E-state index contributed by atoms with van der Waals surface area (Å²) in [6.07, 6.45) is 1.95. The maximum absolute atomic E-state index is 12.7. The summed E-state index contributed by atoms with van der Waals surface area (Å²) in [6.45, 7) is 7.75. The molecule has 1 N–H and O–H groups in total. The number of amides is 1. The average Bonchev–Trinajstić information content (AvgIpc) is 3.02. The Labute approximate surface area is 158 Å². The highest BCUT2D eigenvalue weighted by molar-refractivity contribution is 5.94. The van der Waals surface area contributed by atoms with Crippen molar-refractivity contribution in [3.05, 3.63) is 65.1 Å². The highest BCUT2D eigenvalue weighted by Crippen LogP contribution is 2.17. The molecule has 0 unspecified atom stereocenters. The lowest BCUT2D eigenvalue weighted by molar-refractivity contribution is 0.0944. The Morgan fingerprint density at radius 2 is 1.85 bits per heavy atom. The Balaban J connectivity index is 1.45. The van der Waals surface area contributed by atoms with E-state index < -0.39 is 0 Å². The SMILES string of the molecule is Cc1ccc2nc(C)c(C(=O)NCc3ccc(N4CCOCC4)cc3)n2c1. The fourth-order valence-electron chi connectivity index (χ4n) is 3.45. The summed E-state index contributed by atoms with van der Waals surface area (Å²) in [5.41, 5.74) is 5.48. The number of pyridine rings is 1. The quantitative estimate of drug-likeness (QED) is 0.773. The van der Waals surface area contributed by atoms with E-state index in [9.17, 15) is 4.79 Å². The average molecular weight is 364 g/mol. The number of fused-ring (bicyclic) bond motifs is 1. The van der Waals surface area contributed by atoms with Crippen LogP contribution in [0.1, 0.15) is 27.3 Å². The number of hydrogen-bond acceptors (Lipinski definition) is 4. The van der Waals surface area contributed by atoms with Gasteiger partial charge < -0.3 is 15.0 Å². The maximum Gasteiger partial charge on any atom is 0.270 e. The molecule has 0 atom stereocenters. The van der Waals surface area contributed by atoms with Crippen LogP contribution in [-0.2, 0) is 11.3 Å². The maximum atomic E-state index is 12.7. The first-order valence-corrected chi connectivity index (χ1v) is 9.27. The van der Waals surface area contributed by atoms with Crippen LogP contribution in [0.3, 0.4) is 0 Å². The minimum Gasteiger partial charge on any atom is -0.378 e. The van der Waals surface area contributed by atoms with Crippen LogP contribution < -0.4 is 10.2 Å². The Morgan fingerprint density at radius 3 is 2.59 bits per heavy atom. The number of carbonyl (C=O) groups is 1. The number of aromatic nitrogens is 2. The molecule has 1 aliphatic heterocycles. The molecule has 6 nitrogen and oxygen atoms in total. The first-order valence-electron chi connectivity index (χ1n) is 9.27. The van der Waals surface area contributed by atoms with Crippen molar-refractivity contribution in [1.82, 2.24) is 14.7 Å². The highest BCUT2D eigenvalue weighted by atomic mass is 16.5. The number of hydrogen-bond donors (Lipinski definition) is 1. The Morgan fingerprint density at radius 1 is 1.11 bits per heavy atom. The van der Waals surface area contributed by atoms with Gasteiger partial charge in [-0.15, -0.1) is 0 Å².